The van der Waals surface area contributed by atoms with Crippen LogP contribution >= 0.6 is 12.2 Å². The smallest absolute Gasteiger partial charge is 0.170 e. The van der Waals surface area contributed by atoms with Crippen molar-refractivity contribution in [2.45, 2.75) is 25.8 Å². The molecule has 0 saturated heterocycles. The summed E-state index contributed by atoms with van der Waals surface area (Å²) >= 11 is 5.26. The van der Waals surface area contributed by atoms with E-state index in [1.165, 1.54) is 12.8 Å². The molecule has 2 N–H and O–H groups in total. The average molecular weight is 328 g/mol. The van der Waals surface area contributed by atoms with E-state index in [0.717, 1.165) is 22.9 Å². The van der Waals surface area contributed by atoms with Crippen LogP contribution in [0, 0.1) is 0 Å². The van der Waals surface area contributed by atoms with Gasteiger partial charge in [0, 0.05) is 11.7 Å². The minimum Gasteiger partial charge on any atom is -0.494 e. The van der Waals surface area contributed by atoms with E-state index in [9.17, 15) is 0 Å². The van der Waals surface area contributed by atoms with E-state index < -0.39 is 0 Å². The van der Waals surface area contributed by atoms with Gasteiger partial charge in [-0.15, -0.1) is 0 Å². The van der Waals surface area contributed by atoms with E-state index in [1.807, 2.05) is 55.5 Å². The fraction of sp³-hybridized carbons (Fsp3) is 0.278. The molecular weight excluding hydrogens is 308 g/mol. The van der Waals surface area contributed by atoms with Crippen LogP contribution in [0.5, 0.6) is 17.2 Å². The van der Waals surface area contributed by atoms with E-state index in [0.29, 0.717) is 17.8 Å². The lowest BCUT2D eigenvalue weighted by Gasteiger charge is -2.11. The zero-order valence-corrected chi connectivity index (χ0v) is 13.9. The van der Waals surface area contributed by atoms with Crippen LogP contribution in [0.2, 0.25) is 0 Å². The number of ether oxygens (including phenoxy) is 2. The number of benzene rings is 2. The molecule has 5 heteroatoms. The molecule has 2 aromatic carbocycles. The van der Waals surface area contributed by atoms with Gasteiger partial charge in [0.05, 0.1) is 6.61 Å². The second-order valence-corrected chi connectivity index (χ2v) is 5.81. The fourth-order valence-electron chi connectivity index (χ4n) is 2.09. The summed E-state index contributed by atoms with van der Waals surface area (Å²) in [5.74, 6) is 2.40. The van der Waals surface area contributed by atoms with Gasteiger partial charge in [-0.1, -0.05) is 0 Å². The second kappa shape index (κ2) is 7.33. The Bertz CT molecular complexity index is 652. The van der Waals surface area contributed by atoms with Gasteiger partial charge in [0.25, 0.3) is 0 Å². The van der Waals surface area contributed by atoms with Gasteiger partial charge in [0.2, 0.25) is 0 Å². The number of nitrogens with one attached hydrogen (secondary N) is 2. The normalized spacial score (nSPS) is 13.3. The highest BCUT2D eigenvalue weighted by Crippen LogP contribution is 2.25. The minimum atomic E-state index is 0.553. The van der Waals surface area contributed by atoms with Gasteiger partial charge in [-0.05, 0) is 80.5 Å². The van der Waals surface area contributed by atoms with Gasteiger partial charge in [0.15, 0.2) is 5.11 Å². The molecule has 4 nitrogen and oxygen atoms in total. The van der Waals surface area contributed by atoms with Crippen molar-refractivity contribution in [3.05, 3.63) is 48.5 Å². The molecule has 0 heterocycles. The van der Waals surface area contributed by atoms with Crippen molar-refractivity contribution in [1.82, 2.24) is 5.32 Å². The minimum absolute atomic E-state index is 0.553. The van der Waals surface area contributed by atoms with Crippen molar-refractivity contribution in [1.29, 1.82) is 0 Å². The van der Waals surface area contributed by atoms with Gasteiger partial charge in [0.1, 0.15) is 17.2 Å². The Hall–Kier alpha value is -2.27. The topological polar surface area (TPSA) is 42.5 Å². The molecular formula is C18H20N2O2S. The number of hydrogen-bond donors (Lipinski definition) is 2. The van der Waals surface area contributed by atoms with Gasteiger partial charge in [-0.25, -0.2) is 0 Å². The lowest BCUT2D eigenvalue weighted by Crippen LogP contribution is -2.30. The summed E-state index contributed by atoms with van der Waals surface area (Å²) in [6, 6.07) is 15.9. The molecule has 0 aliphatic heterocycles. The molecule has 1 saturated carbocycles. The zero-order valence-electron chi connectivity index (χ0n) is 13.0. The molecule has 1 fully saturated rings. The van der Waals surface area contributed by atoms with Crippen LogP contribution in [-0.4, -0.2) is 17.8 Å². The molecule has 3 rings (SSSR count). The van der Waals surface area contributed by atoms with Crippen LogP contribution in [-0.2, 0) is 0 Å². The summed E-state index contributed by atoms with van der Waals surface area (Å²) < 4.78 is 11.2. The Balaban J connectivity index is 1.54. The predicted molar refractivity (Wildman–Crippen MR) is 96.5 cm³/mol. The van der Waals surface area contributed by atoms with E-state index in [-0.39, 0.29) is 0 Å². The Morgan fingerprint density at radius 1 is 1.00 bits per heavy atom. The van der Waals surface area contributed by atoms with Crippen LogP contribution in [0.25, 0.3) is 0 Å². The maximum absolute atomic E-state index is 5.81. The molecule has 1 aliphatic carbocycles. The third-order valence-electron chi connectivity index (χ3n) is 3.40. The van der Waals surface area contributed by atoms with Crippen molar-refractivity contribution >= 4 is 23.0 Å². The van der Waals surface area contributed by atoms with Crippen molar-refractivity contribution in [2.75, 3.05) is 11.9 Å². The first kappa shape index (κ1) is 15.6. The highest BCUT2D eigenvalue weighted by molar-refractivity contribution is 7.80. The fourth-order valence-corrected chi connectivity index (χ4v) is 2.38. The third kappa shape index (κ3) is 4.86. The molecule has 1 aliphatic rings. The van der Waals surface area contributed by atoms with Gasteiger partial charge in [-0.3, -0.25) is 0 Å². The van der Waals surface area contributed by atoms with Gasteiger partial charge in [-0.2, -0.15) is 0 Å². The van der Waals surface area contributed by atoms with E-state index in [1.54, 1.807) is 0 Å². The zero-order chi connectivity index (χ0) is 16.1. The first-order chi connectivity index (χ1) is 11.2. The Kier molecular flexibility index (Phi) is 4.98. The highest BCUT2D eigenvalue weighted by atomic mass is 32.1. The summed E-state index contributed by atoms with van der Waals surface area (Å²) in [6.45, 7) is 2.62. The Labute approximate surface area is 141 Å². The van der Waals surface area contributed by atoms with E-state index in [4.69, 9.17) is 21.7 Å². The van der Waals surface area contributed by atoms with Crippen LogP contribution < -0.4 is 20.1 Å². The van der Waals surface area contributed by atoms with Crippen molar-refractivity contribution in [2.24, 2.45) is 0 Å². The third-order valence-corrected chi connectivity index (χ3v) is 3.62. The molecule has 0 bridgehead atoms. The molecule has 23 heavy (non-hydrogen) atoms. The Morgan fingerprint density at radius 3 is 2.13 bits per heavy atom. The summed E-state index contributed by atoms with van der Waals surface area (Å²) in [7, 11) is 0. The molecule has 120 valence electrons. The molecule has 0 aromatic heterocycles. The van der Waals surface area contributed by atoms with E-state index >= 15 is 0 Å². The molecule has 0 atom stereocenters. The van der Waals surface area contributed by atoms with Crippen LogP contribution in [0.1, 0.15) is 19.8 Å². The number of thiocarbonyl (C=S) groups is 1. The van der Waals surface area contributed by atoms with Crippen molar-refractivity contribution in [3.8, 4) is 17.2 Å². The van der Waals surface area contributed by atoms with E-state index in [2.05, 4.69) is 10.6 Å². The van der Waals surface area contributed by atoms with Crippen molar-refractivity contribution < 1.29 is 9.47 Å². The maximum atomic E-state index is 5.81. The second-order valence-electron chi connectivity index (χ2n) is 5.40. The lowest BCUT2D eigenvalue weighted by molar-refractivity contribution is 0.339. The lowest BCUT2D eigenvalue weighted by atomic mass is 10.3. The monoisotopic (exact) mass is 328 g/mol. The van der Waals surface area contributed by atoms with Crippen LogP contribution in [0.3, 0.4) is 0 Å². The SMILES string of the molecule is CCOc1ccc(Oc2ccc(NC(=S)NC3CC3)cc2)cc1. The Morgan fingerprint density at radius 2 is 1.57 bits per heavy atom. The molecule has 0 unspecified atom stereocenters. The molecule has 2 aromatic rings. The van der Waals surface area contributed by atoms with Gasteiger partial charge < -0.3 is 20.1 Å². The first-order valence-corrected chi connectivity index (χ1v) is 8.22. The number of anilines is 1. The first-order valence-electron chi connectivity index (χ1n) is 7.81. The summed E-state index contributed by atoms with van der Waals surface area (Å²) in [4.78, 5) is 0. The quantitative estimate of drug-likeness (QED) is 0.773. The molecule has 0 radical (unpaired) electrons. The van der Waals surface area contributed by atoms with Crippen molar-refractivity contribution in [3.63, 3.8) is 0 Å². The maximum Gasteiger partial charge on any atom is 0.170 e. The summed E-state index contributed by atoms with van der Waals surface area (Å²) in [6.07, 6.45) is 2.41. The van der Waals surface area contributed by atoms with Gasteiger partial charge >= 0.3 is 0 Å². The predicted octanol–water partition coefficient (Wildman–Crippen LogP) is 4.33. The molecule has 0 amide bonds. The standard InChI is InChI=1S/C18H20N2O2S/c1-2-21-15-9-11-17(12-10-15)22-16-7-5-14(6-8-16)20-18(23)19-13-3-4-13/h5-13H,2-4H2,1H3,(H2,19,20,23). The van der Waals surface area contributed by atoms with Crippen LogP contribution in [0.15, 0.2) is 48.5 Å². The number of rotatable bonds is 6. The average Bonchev–Trinajstić information content (AvgIpc) is 3.35. The van der Waals surface area contributed by atoms with Crippen LogP contribution in [0.4, 0.5) is 5.69 Å². The summed E-state index contributed by atoms with van der Waals surface area (Å²) in [5, 5.41) is 7.10. The largest absolute Gasteiger partial charge is 0.494 e. The highest BCUT2D eigenvalue weighted by Gasteiger charge is 2.21. The number of hydrogen-bond acceptors (Lipinski definition) is 3. The molecule has 0 spiro atoms. The summed E-state index contributed by atoms with van der Waals surface area (Å²) in [5.41, 5.74) is 0.946.